The number of aromatic nitrogens is 2. The van der Waals surface area contributed by atoms with Gasteiger partial charge in [0.05, 0.1) is 17.7 Å². The van der Waals surface area contributed by atoms with Crippen molar-refractivity contribution in [3.05, 3.63) is 17.2 Å². The van der Waals surface area contributed by atoms with E-state index in [-0.39, 0.29) is 17.5 Å². The second kappa shape index (κ2) is 3.59. The van der Waals surface area contributed by atoms with E-state index in [9.17, 15) is 18.0 Å². The summed E-state index contributed by atoms with van der Waals surface area (Å²) in [5, 5.41) is 3.45. The van der Waals surface area contributed by atoms with Crippen molar-refractivity contribution in [2.75, 3.05) is 0 Å². The number of hydrogen-bond acceptors (Lipinski definition) is 2. The van der Waals surface area contributed by atoms with Gasteiger partial charge in [0, 0.05) is 7.05 Å². The molecule has 13 heavy (non-hydrogen) atoms. The number of nitrogens with zero attached hydrogens (tertiary/aromatic N) is 2. The molecule has 0 aliphatic rings. The Morgan fingerprint density at radius 1 is 1.62 bits per heavy atom. The van der Waals surface area contributed by atoms with E-state index >= 15 is 0 Å². The average Bonchev–Trinajstić information content (AvgIpc) is 2.27. The highest BCUT2D eigenvalue weighted by Gasteiger charge is 2.18. The van der Waals surface area contributed by atoms with Crippen LogP contribution in [0.3, 0.4) is 0 Å². The molecule has 72 valence electrons. The Morgan fingerprint density at radius 2 is 2.23 bits per heavy atom. The monoisotopic (exact) mass is 192 g/mol. The van der Waals surface area contributed by atoms with Crippen LogP contribution in [0.1, 0.15) is 16.1 Å². The van der Waals surface area contributed by atoms with Gasteiger partial charge in [-0.1, -0.05) is 0 Å². The van der Waals surface area contributed by atoms with E-state index < -0.39 is 18.8 Å². The number of halogens is 3. The van der Waals surface area contributed by atoms with Gasteiger partial charge in [-0.15, -0.1) is 0 Å². The molecule has 0 N–H and O–H groups in total. The zero-order valence-corrected chi connectivity index (χ0v) is 6.80. The first-order valence-electron chi connectivity index (χ1n) is 3.51. The topological polar surface area (TPSA) is 34.9 Å². The van der Waals surface area contributed by atoms with Crippen LogP contribution < -0.4 is 0 Å². The highest BCUT2D eigenvalue weighted by Crippen LogP contribution is 2.13. The highest BCUT2D eigenvalue weighted by molar-refractivity contribution is 5.76. The molecule has 1 aromatic rings. The quantitative estimate of drug-likeness (QED) is 0.674. The first-order chi connectivity index (χ1) is 6.06. The van der Waals surface area contributed by atoms with E-state index in [1.54, 1.807) is 0 Å². The fourth-order valence-electron chi connectivity index (χ4n) is 0.986. The van der Waals surface area contributed by atoms with Crippen molar-refractivity contribution in [3.8, 4) is 0 Å². The van der Waals surface area contributed by atoms with Gasteiger partial charge >= 0.3 is 0 Å². The molecule has 1 heterocycles. The van der Waals surface area contributed by atoms with E-state index in [0.29, 0.717) is 0 Å². The molecule has 0 amide bonds. The number of carbonyl (C=O) groups excluding carboxylic acids is 1. The molecule has 0 aliphatic carbocycles. The van der Waals surface area contributed by atoms with Gasteiger partial charge in [-0.2, -0.15) is 9.49 Å². The van der Waals surface area contributed by atoms with Crippen LogP contribution in [-0.2, 0) is 13.5 Å². The van der Waals surface area contributed by atoms with Crippen molar-refractivity contribution in [2.24, 2.45) is 7.05 Å². The Kier molecular flexibility index (Phi) is 2.69. The molecular formula is C7H7F3N2O. The van der Waals surface area contributed by atoms with Crippen LogP contribution in [0, 0.1) is 5.95 Å². The molecule has 0 aromatic carbocycles. The lowest BCUT2D eigenvalue weighted by Gasteiger charge is -1.93. The summed E-state index contributed by atoms with van der Waals surface area (Å²) < 4.78 is 37.4. The second-order valence-corrected chi connectivity index (χ2v) is 2.49. The summed E-state index contributed by atoms with van der Waals surface area (Å²) in [5.41, 5.74) is -0.590. The van der Waals surface area contributed by atoms with Gasteiger partial charge in [-0.3, -0.25) is 4.79 Å². The number of alkyl halides is 2. The lowest BCUT2D eigenvalue weighted by atomic mass is 10.2. The minimum absolute atomic E-state index is 0.194. The van der Waals surface area contributed by atoms with Gasteiger partial charge in [-0.05, 0) is 0 Å². The van der Waals surface area contributed by atoms with Crippen LogP contribution in [0.2, 0.25) is 0 Å². The molecule has 0 aliphatic heterocycles. The van der Waals surface area contributed by atoms with Gasteiger partial charge < -0.3 is 0 Å². The Hall–Kier alpha value is -1.33. The molecule has 0 fully saturated rings. The molecule has 0 bridgehead atoms. The molecule has 1 aromatic heterocycles. The summed E-state index contributed by atoms with van der Waals surface area (Å²) in [6.45, 7) is 0. The third kappa shape index (κ3) is 1.88. The van der Waals surface area contributed by atoms with Gasteiger partial charge in [0.25, 0.3) is 0 Å². The maximum absolute atomic E-state index is 12.9. The fraction of sp³-hybridized carbons (Fsp3) is 0.429. The first-order valence-corrected chi connectivity index (χ1v) is 3.51. The third-order valence-electron chi connectivity index (χ3n) is 1.55. The predicted octanol–water partition coefficient (Wildman–Crippen LogP) is 1.18. The number of aldehydes is 1. The molecule has 6 heteroatoms. The summed E-state index contributed by atoms with van der Waals surface area (Å²) in [4.78, 5) is 10.3. The summed E-state index contributed by atoms with van der Waals surface area (Å²) in [6, 6.07) is 0. The number of aryl methyl sites for hydroxylation is 1. The van der Waals surface area contributed by atoms with Crippen molar-refractivity contribution in [3.63, 3.8) is 0 Å². The summed E-state index contributed by atoms with van der Waals surface area (Å²) >= 11 is 0. The summed E-state index contributed by atoms with van der Waals surface area (Å²) in [7, 11) is 1.25. The van der Waals surface area contributed by atoms with Gasteiger partial charge in [-0.25, -0.2) is 13.5 Å². The van der Waals surface area contributed by atoms with E-state index in [1.807, 2.05) is 0 Å². The maximum Gasteiger partial charge on any atom is 0.244 e. The minimum Gasteiger partial charge on any atom is -0.298 e. The summed E-state index contributed by atoms with van der Waals surface area (Å²) in [6.07, 6.45) is -3.14. The van der Waals surface area contributed by atoms with Crippen LogP contribution >= 0.6 is 0 Å². The van der Waals surface area contributed by atoms with E-state index in [4.69, 9.17) is 0 Å². The minimum atomic E-state index is -2.63. The molecule has 1 rings (SSSR count). The van der Waals surface area contributed by atoms with Crippen LogP contribution in [0.25, 0.3) is 0 Å². The second-order valence-electron chi connectivity index (χ2n) is 2.49. The standard InChI is InChI=1S/C7H7F3N2O/c1-12-7(10)4(3-13)5(11-12)2-6(8)9/h3,6H,2H2,1H3. The lowest BCUT2D eigenvalue weighted by molar-refractivity contribution is 0.111. The normalized spacial score (nSPS) is 10.8. The van der Waals surface area contributed by atoms with E-state index in [1.165, 1.54) is 7.05 Å². The van der Waals surface area contributed by atoms with Crippen molar-refractivity contribution in [1.82, 2.24) is 9.78 Å². The number of carbonyl (C=O) groups is 1. The van der Waals surface area contributed by atoms with Crippen LogP contribution in [-0.4, -0.2) is 22.5 Å². The predicted molar refractivity (Wildman–Crippen MR) is 38.3 cm³/mol. The smallest absolute Gasteiger partial charge is 0.244 e. The Balaban J connectivity index is 3.06. The maximum atomic E-state index is 12.9. The Morgan fingerprint density at radius 3 is 2.69 bits per heavy atom. The third-order valence-corrected chi connectivity index (χ3v) is 1.55. The van der Waals surface area contributed by atoms with Crippen molar-refractivity contribution in [2.45, 2.75) is 12.8 Å². The largest absolute Gasteiger partial charge is 0.298 e. The van der Waals surface area contributed by atoms with E-state index in [2.05, 4.69) is 5.10 Å². The number of rotatable bonds is 3. The number of hydrogen-bond donors (Lipinski definition) is 0. The molecule has 0 saturated carbocycles. The van der Waals surface area contributed by atoms with Crippen molar-refractivity contribution < 1.29 is 18.0 Å². The Labute approximate surface area is 72.2 Å². The van der Waals surface area contributed by atoms with Crippen molar-refractivity contribution in [1.29, 1.82) is 0 Å². The van der Waals surface area contributed by atoms with Gasteiger partial charge in [0.1, 0.15) is 0 Å². The molecule has 0 spiro atoms. The van der Waals surface area contributed by atoms with Gasteiger partial charge in [0.2, 0.25) is 12.4 Å². The summed E-state index contributed by atoms with van der Waals surface area (Å²) in [5.74, 6) is -0.884. The van der Waals surface area contributed by atoms with Crippen LogP contribution in [0.4, 0.5) is 13.2 Å². The highest BCUT2D eigenvalue weighted by atomic mass is 19.3. The van der Waals surface area contributed by atoms with Gasteiger partial charge in [0.15, 0.2) is 6.29 Å². The SMILES string of the molecule is Cn1nc(CC(F)F)c(C=O)c1F. The van der Waals surface area contributed by atoms with Crippen molar-refractivity contribution >= 4 is 6.29 Å². The van der Waals surface area contributed by atoms with E-state index in [0.717, 1.165) is 4.68 Å². The molecule has 3 nitrogen and oxygen atoms in total. The molecule has 0 radical (unpaired) electrons. The molecule has 0 atom stereocenters. The zero-order valence-electron chi connectivity index (χ0n) is 6.80. The van der Waals surface area contributed by atoms with Crippen LogP contribution in [0.5, 0.6) is 0 Å². The first kappa shape index (κ1) is 9.76. The van der Waals surface area contributed by atoms with Crippen LogP contribution in [0.15, 0.2) is 0 Å². The fourth-order valence-corrected chi connectivity index (χ4v) is 0.986. The Bertz CT molecular complexity index is 322. The average molecular weight is 192 g/mol. The lowest BCUT2D eigenvalue weighted by Crippen LogP contribution is -2.00. The molecular weight excluding hydrogens is 185 g/mol. The zero-order chi connectivity index (χ0) is 10.0. The molecule has 0 saturated heterocycles. The molecule has 0 unspecified atom stereocenters.